The maximum absolute atomic E-state index is 13.5. The number of anilines is 2. The molecule has 0 N–H and O–H groups in total. The van der Waals surface area contributed by atoms with Crippen molar-refractivity contribution in [1.82, 2.24) is 14.6 Å². The van der Waals surface area contributed by atoms with Crippen molar-refractivity contribution in [2.75, 3.05) is 10.7 Å². The number of nitrogens with zero attached hydrogens (tertiary/aromatic N) is 4. The predicted octanol–water partition coefficient (Wildman–Crippen LogP) is 6.88. The van der Waals surface area contributed by atoms with Gasteiger partial charge >= 0.3 is 6.18 Å². The molecule has 0 radical (unpaired) electrons. The third kappa shape index (κ3) is 3.55. The summed E-state index contributed by atoms with van der Waals surface area (Å²) in [6.45, 7) is 0. The molecule has 3 aromatic carbocycles. The Bertz CT molecular complexity index is 1580. The van der Waals surface area contributed by atoms with Crippen LogP contribution in [0.25, 0.3) is 15.2 Å². The number of thioether (sulfide) groups is 1. The number of hydrogen-bond acceptors (Lipinski definition) is 6. The van der Waals surface area contributed by atoms with Crippen LogP contribution in [-0.2, 0) is 11.0 Å². The second-order valence-electron chi connectivity index (χ2n) is 7.44. The molecule has 5 nitrogen and oxygen atoms in total. The van der Waals surface area contributed by atoms with Crippen molar-refractivity contribution in [2.24, 2.45) is 0 Å². The number of alkyl halides is 3. The van der Waals surface area contributed by atoms with Crippen LogP contribution in [0.15, 0.2) is 81.7 Å². The Morgan fingerprint density at radius 2 is 1.71 bits per heavy atom. The van der Waals surface area contributed by atoms with Gasteiger partial charge in [0, 0.05) is 9.79 Å². The number of benzene rings is 3. The number of halogens is 3. The van der Waals surface area contributed by atoms with Crippen LogP contribution in [0.5, 0.6) is 0 Å². The molecule has 3 heterocycles. The number of para-hydroxylation sites is 2. The van der Waals surface area contributed by atoms with Crippen LogP contribution < -0.4 is 4.90 Å². The Hall–Kier alpha value is -3.02. The van der Waals surface area contributed by atoms with Gasteiger partial charge in [0.05, 0.1) is 32.9 Å². The lowest BCUT2D eigenvalue weighted by Crippen LogP contribution is -2.30. The summed E-state index contributed by atoms with van der Waals surface area (Å²) < 4.78 is 43.2. The fourth-order valence-electron chi connectivity index (χ4n) is 3.84. The van der Waals surface area contributed by atoms with E-state index < -0.39 is 11.7 Å². The monoisotopic (exact) mass is 514 g/mol. The highest BCUT2D eigenvalue weighted by atomic mass is 32.2. The highest BCUT2D eigenvalue weighted by Gasteiger charge is 2.35. The zero-order valence-corrected chi connectivity index (χ0v) is 19.6. The van der Waals surface area contributed by atoms with E-state index in [2.05, 4.69) is 10.2 Å². The highest BCUT2D eigenvalue weighted by molar-refractivity contribution is 8.00. The molecule has 2 aromatic heterocycles. The molecule has 0 spiro atoms. The van der Waals surface area contributed by atoms with Crippen molar-refractivity contribution >= 4 is 67.3 Å². The van der Waals surface area contributed by atoms with Crippen molar-refractivity contribution in [3.05, 3.63) is 72.3 Å². The molecule has 11 heteroatoms. The molecule has 0 aliphatic carbocycles. The summed E-state index contributed by atoms with van der Waals surface area (Å²) in [7, 11) is 0. The van der Waals surface area contributed by atoms with E-state index in [4.69, 9.17) is 0 Å². The van der Waals surface area contributed by atoms with Crippen LogP contribution in [0.2, 0.25) is 0 Å². The molecule has 0 saturated heterocycles. The Labute approximate surface area is 203 Å². The lowest BCUT2D eigenvalue weighted by molar-refractivity contribution is -0.137. The minimum absolute atomic E-state index is 0.0142. The number of carbonyl (C=O) groups excluding carboxylic acids is 1. The zero-order valence-electron chi connectivity index (χ0n) is 17.1. The highest BCUT2D eigenvalue weighted by Crippen LogP contribution is 2.49. The molecular formula is C23H13F3N4OS3. The van der Waals surface area contributed by atoms with Gasteiger partial charge in [0.1, 0.15) is 0 Å². The molecule has 6 rings (SSSR count). The molecule has 1 aliphatic rings. The fraction of sp³-hybridized carbons (Fsp3) is 0.0870. The van der Waals surface area contributed by atoms with E-state index in [1.807, 2.05) is 40.8 Å². The van der Waals surface area contributed by atoms with Crippen LogP contribution in [0.3, 0.4) is 0 Å². The van der Waals surface area contributed by atoms with Gasteiger partial charge < -0.3 is 0 Å². The molecule has 1 amide bonds. The summed E-state index contributed by atoms with van der Waals surface area (Å²) in [6.07, 6.45) is -4.51. The van der Waals surface area contributed by atoms with Crippen molar-refractivity contribution < 1.29 is 18.0 Å². The van der Waals surface area contributed by atoms with E-state index in [-0.39, 0.29) is 17.3 Å². The first-order valence-electron chi connectivity index (χ1n) is 10.1. The fourth-order valence-corrected chi connectivity index (χ4v) is 6.69. The molecule has 1 aliphatic heterocycles. The summed E-state index contributed by atoms with van der Waals surface area (Å²) in [5, 5.41) is 8.99. The summed E-state index contributed by atoms with van der Waals surface area (Å²) in [4.78, 5) is 17.0. The van der Waals surface area contributed by atoms with Crippen LogP contribution in [0.4, 0.5) is 24.5 Å². The minimum Gasteiger partial charge on any atom is -0.278 e. The Morgan fingerprint density at radius 3 is 2.56 bits per heavy atom. The maximum Gasteiger partial charge on any atom is 0.416 e. The molecule has 0 atom stereocenters. The number of carbonyl (C=O) groups is 1. The topological polar surface area (TPSA) is 50.5 Å². The second-order valence-corrected chi connectivity index (χ2v) is 10.5. The molecule has 5 aromatic rings. The van der Waals surface area contributed by atoms with Crippen molar-refractivity contribution in [3.8, 4) is 0 Å². The lowest BCUT2D eigenvalue weighted by Gasteiger charge is -2.31. The van der Waals surface area contributed by atoms with Crippen LogP contribution in [0, 0.1) is 0 Å². The Balaban J connectivity index is 1.37. The molecular weight excluding hydrogens is 501 g/mol. The zero-order chi connectivity index (χ0) is 23.4. The van der Waals surface area contributed by atoms with Crippen molar-refractivity contribution in [1.29, 1.82) is 0 Å². The lowest BCUT2D eigenvalue weighted by atomic mass is 10.1. The van der Waals surface area contributed by atoms with Gasteiger partial charge in [0.2, 0.25) is 10.9 Å². The van der Waals surface area contributed by atoms with Crippen LogP contribution in [-0.4, -0.2) is 26.3 Å². The minimum atomic E-state index is -4.51. The molecule has 0 saturated carbocycles. The second kappa shape index (κ2) is 8.03. The number of amides is 1. The summed E-state index contributed by atoms with van der Waals surface area (Å²) in [6, 6.07) is 18.5. The number of fused-ring (bicyclic) bond motifs is 5. The SMILES string of the molecule is O=C(CSc1nnc2sc3ccccc3n12)N1c2ccccc2Sc2ccc(C(F)(F)F)cc21. The number of hydrogen-bond donors (Lipinski definition) is 0. The van der Waals surface area contributed by atoms with Gasteiger partial charge in [-0.15, -0.1) is 10.2 Å². The Morgan fingerprint density at radius 1 is 0.941 bits per heavy atom. The quantitative estimate of drug-likeness (QED) is 0.246. The molecule has 0 fully saturated rings. The molecule has 34 heavy (non-hydrogen) atoms. The number of rotatable bonds is 3. The number of thiazole rings is 1. The first-order chi connectivity index (χ1) is 16.4. The summed E-state index contributed by atoms with van der Waals surface area (Å²) in [5.74, 6) is -0.353. The van der Waals surface area contributed by atoms with Gasteiger partial charge in [-0.05, 0) is 42.5 Å². The maximum atomic E-state index is 13.5. The molecule has 0 bridgehead atoms. The largest absolute Gasteiger partial charge is 0.416 e. The summed E-state index contributed by atoms with van der Waals surface area (Å²) in [5.41, 5.74) is 0.955. The average Bonchev–Trinajstić information content (AvgIpc) is 3.39. The molecule has 170 valence electrons. The first kappa shape index (κ1) is 21.5. The smallest absolute Gasteiger partial charge is 0.278 e. The van der Waals surface area contributed by atoms with Crippen molar-refractivity contribution in [3.63, 3.8) is 0 Å². The first-order valence-corrected chi connectivity index (χ1v) is 12.7. The molecule has 0 unspecified atom stereocenters. The predicted molar refractivity (Wildman–Crippen MR) is 128 cm³/mol. The summed E-state index contributed by atoms with van der Waals surface area (Å²) >= 11 is 4.06. The Kier molecular flexibility index (Phi) is 5.08. The van der Waals surface area contributed by atoms with Crippen LogP contribution in [0.1, 0.15) is 5.56 Å². The normalized spacial score (nSPS) is 13.3. The number of aromatic nitrogens is 3. The third-order valence-electron chi connectivity index (χ3n) is 5.34. The van der Waals surface area contributed by atoms with Gasteiger partial charge in [0.15, 0.2) is 5.16 Å². The standard InChI is InChI=1S/C23H13F3N4OS3/c24-23(25,26)13-9-10-19-16(11-13)29(14-5-1-3-7-17(14)33-19)20(31)12-32-21-27-28-22-30(21)15-6-2-4-8-18(15)34-22/h1-11H,12H2. The van der Waals surface area contributed by atoms with E-state index in [0.29, 0.717) is 15.7 Å². The van der Waals surface area contributed by atoms with Gasteiger partial charge in [-0.2, -0.15) is 13.2 Å². The van der Waals surface area contributed by atoms with Gasteiger partial charge in [-0.3, -0.25) is 14.1 Å². The van der Waals surface area contributed by atoms with E-state index >= 15 is 0 Å². The van der Waals surface area contributed by atoms with E-state index in [9.17, 15) is 18.0 Å². The van der Waals surface area contributed by atoms with E-state index in [0.717, 1.165) is 32.2 Å². The van der Waals surface area contributed by atoms with E-state index in [1.165, 1.54) is 45.8 Å². The van der Waals surface area contributed by atoms with E-state index in [1.54, 1.807) is 12.1 Å². The van der Waals surface area contributed by atoms with Gasteiger partial charge in [0.25, 0.3) is 0 Å². The van der Waals surface area contributed by atoms with Gasteiger partial charge in [-0.1, -0.05) is 59.1 Å². The van der Waals surface area contributed by atoms with Gasteiger partial charge in [-0.25, -0.2) is 0 Å². The van der Waals surface area contributed by atoms with Crippen LogP contribution >= 0.6 is 34.9 Å². The third-order valence-corrected chi connectivity index (χ3v) is 8.39. The van der Waals surface area contributed by atoms with Crippen molar-refractivity contribution in [2.45, 2.75) is 21.1 Å². The average molecular weight is 515 g/mol.